The third kappa shape index (κ3) is 1.93. The van der Waals surface area contributed by atoms with E-state index in [1.165, 1.54) is 18.2 Å². The van der Waals surface area contributed by atoms with Crippen LogP contribution in [0.3, 0.4) is 0 Å². The Bertz CT molecular complexity index is 771. The normalized spacial score (nSPS) is 10.8. The molecule has 0 aliphatic heterocycles. The number of halogens is 1. The Morgan fingerprint density at radius 2 is 1.89 bits per heavy atom. The fraction of sp³-hybridized carbons (Fsp3) is 0.0625. The van der Waals surface area contributed by atoms with Crippen LogP contribution in [0, 0.1) is 12.7 Å². The molecule has 1 heterocycles. The number of furan rings is 1. The van der Waals surface area contributed by atoms with Gasteiger partial charge in [0.15, 0.2) is 5.76 Å². The third-order valence-corrected chi connectivity index (χ3v) is 3.14. The van der Waals surface area contributed by atoms with E-state index in [2.05, 4.69) is 0 Å². The molecule has 1 aromatic heterocycles. The molecule has 0 fully saturated rings. The summed E-state index contributed by atoms with van der Waals surface area (Å²) in [5.74, 6) is -0.459. The minimum absolute atomic E-state index is 0.270. The number of rotatable bonds is 2. The van der Waals surface area contributed by atoms with Crippen LogP contribution in [0.5, 0.6) is 0 Å². The molecule has 0 saturated heterocycles. The molecule has 0 saturated carbocycles. The lowest BCUT2D eigenvalue weighted by Crippen LogP contribution is -2.01. The van der Waals surface area contributed by atoms with E-state index < -0.39 is 5.82 Å². The summed E-state index contributed by atoms with van der Waals surface area (Å²) in [6, 6.07) is 13.1. The number of carbonyl (C=O) groups is 1. The van der Waals surface area contributed by atoms with Crippen molar-refractivity contribution in [1.82, 2.24) is 0 Å². The average molecular weight is 254 g/mol. The molecule has 2 nitrogen and oxygen atoms in total. The molecule has 0 spiro atoms. The Labute approximate surface area is 109 Å². The van der Waals surface area contributed by atoms with Crippen molar-refractivity contribution >= 4 is 16.8 Å². The number of fused-ring (bicyclic) bond motifs is 1. The Hall–Kier alpha value is -2.42. The van der Waals surface area contributed by atoms with Gasteiger partial charge in [-0.25, -0.2) is 4.39 Å². The lowest BCUT2D eigenvalue weighted by molar-refractivity contribution is 0.101. The fourth-order valence-corrected chi connectivity index (χ4v) is 2.15. The first-order chi connectivity index (χ1) is 9.16. The van der Waals surface area contributed by atoms with Crippen LogP contribution in [0.1, 0.15) is 21.7 Å². The summed E-state index contributed by atoms with van der Waals surface area (Å²) < 4.78 is 18.7. The van der Waals surface area contributed by atoms with Crippen LogP contribution in [0.4, 0.5) is 4.39 Å². The second-order valence-electron chi connectivity index (χ2n) is 4.39. The Balaban J connectivity index is 2.14. The summed E-state index contributed by atoms with van der Waals surface area (Å²) in [5, 5.41) is 0.905. The molecule has 3 rings (SSSR count). The van der Waals surface area contributed by atoms with Crippen molar-refractivity contribution in [3.05, 3.63) is 71.2 Å². The second kappa shape index (κ2) is 4.35. The highest BCUT2D eigenvalue weighted by Crippen LogP contribution is 2.26. The molecule has 0 bridgehead atoms. The standard InChI is InChI=1S/C16H11FO2/c1-10-13-7-2-3-8-14(13)19-16(10)15(18)11-5-4-6-12(17)9-11/h2-9H,1H3. The van der Waals surface area contributed by atoms with Crippen LogP contribution in [-0.4, -0.2) is 5.78 Å². The number of hydrogen-bond acceptors (Lipinski definition) is 2. The lowest BCUT2D eigenvalue weighted by atomic mass is 10.0. The first kappa shape index (κ1) is 11.7. The Morgan fingerprint density at radius 3 is 2.63 bits per heavy atom. The smallest absolute Gasteiger partial charge is 0.228 e. The highest BCUT2D eigenvalue weighted by molar-refractivity contribution is 6.10. The van der Waals surface area contributed by atoms with Crippen LogP contribution in [0.15, 0.2) is 52.9 Å². The van der Waals surface area contributed by atoms with E-state index >= 15 is 0 Å². The molecule has 0 unspecified atom stereocenters. The zero-order valence-corrected chi connectivity index (χ0v) is 10.3. The molecular weight excluding hydrogens is 243 g/mol. The van der Waals surface area contributed by atoms with Gasteiger partial charge in [-0.1, -0.05) is 30.3 Å². The van der Waals surface area contributed by atoms with Gasteiger partial charge < -0.3 is 4.42 Å². The maximum Gasteiger partial charge on any atom is 0.228 e. The van der Waals surface area contributed by atoms with Crippen molar-refractivity contribution in [3.8, 4) is 0 Å². The number of aryl methyl sites for hydroxylation is 1. The Kier molecular flexibility index (Phi) is 2.67. The van der Waals surface area contributed by atoms with Crippen molar-refractivity contribution in [1.29, 1.82) is 0 Å². The number of para-hydroxylation sites is 1. The SMILES string of the molecule is Cc1c(C(=O)c2cccc(F)c2)oc2ccccc12. The van der Waals surface area contributed by atoms with Crippen molar-refractivity contribution < 1.29 is 13.6 Å². The van der Waals surface area contributed by atoms with E-state index in [4.69, 9.17) is 4.42 Å². The molecule has 0 amide bonds. The van der Waals surface area contributed by atoms with Gasteiger partial charge >= 0.3 is 0 Å². The number of hydrogen-bond donors (Lipinski definition) is 0. The number of ketones is 1. The first-order valence-electron chi connectivity index (χ1n) is 5.95. The van der Waals surface area contributed by atoms with E-state index in [1.54, 1.807) is 6.07 Å². The van der Waals surface area contributed by atoms with Gasteiger partial charge in [-0.05, 0) is 25.1 Å². The van der Waals surface area contributed by atoms with E-state index in [0.29, 0.717) is 11.1 Å². The zero-order chi connectivity index (χ0) is 13.4. The summed E-state index contributed by atoms with van der Waals surface area (Å²) in [5.41, 5.74) is 1.74. The summed E-state index contributed by atoms with van der Waals surface area (Å²) in [6.07, 6.45) is 0. The van der Waals surface area contributed by atoms with Crippen LogP contribution >= 0.6 is 0 Å². The lowest BCUT2D eigenvalue weighted by Gasteiger charge is -1.99. The number of benzene rings is 2. The molecule has 2 aromatic carbocycles. The summed E-state index contributed by atoms with van der Waals surface area (Å²) in [6.45, 7) is 1.83. The van der Waals surface area contributed by atoms with E-state index in [0.717, 1.165) is 10.9 Å². The van der Waals surface area contributed by atoms with Crippen LogP contribution in [-0.2, 0) is 0 Å². The van der Waals surface area contributed by atoms with Crippen LogP contribution < -0.4 is 0 Å². The van der Waals surface area contributed by atoms with Gasteiger partial charge in [0.05, 0.1) is 0 Å². The molecule has 0 atom stereocenters. The third-order valence-electron chi connectivity index (χ3n) is 3.14. The molecular formula is C16H11FO2. The maximum absolute atomic E-state index is 13.2. The predicted molar refractivity (Wildman–Crippen MR) is 70.8 cm³/mol. The molecule has 0 N–H and O–H groups in total. The van der Waals surface area contributed by atoms with Gasteiger partial charge in [0, 0.05) is 16.5 Å². The van der Waals surface area contributed by atoms with E-state index in [1.807, 2.05) is 31.2 Å². The molecule has 0 aliphatic rings. The molecule has 19 heavy (non-hydrogen) atoms. The van der Waals surface area contributed by atoms with Crippen molar-refractivity contribution in [2.45, 2.75) is 6.92 Å². The molecule has 0 radical (unpaired) electrons. The molecule has 3 heteroatoms. The van der Waals surface area contributed by atoms with Crippen molar-refractivity contribution in [2.24, 2.45) is 0 Å². The minimum atomic E-state index is -0.431. The van der Waals surface area contributed by atoms with Gasteiger partial charge in [0.1, 0.15) is 11.4 Å². The van der Waals surface area contributed by atoms with Gasteiger partial charge in [0.2, 0.25) is 5.78 Å². The predicted octanol–water partition coefficient (Wildman–Crippen LogP) is 4.11. The molecule has 3 aromatic rings. The van der Waals surface area contributed by atoms with Crippen molar-refractivity contribution in [3.63, 3.8) is 0 Å². The summed E-state index contributed by atoms with van der Waals surface area (Å²) in [4.78, 5) is 12.3. The maximum atomic E-state index is 13.2. The highest BCUT2D eigenvalue weighted by Gasteiger charge is 2.19. The van der Waals surface area contributed by atoms with Gasteiger partial charge in [-0.15, -0.1) is 0 Å². The fourth-order valence-electron chi connectivity index (χ4n) is 2.15. The van der Waals surface area contributed by atoms with Gasteiger partial charge in [-0.2, -0.15) is 0 Å². The quantitative estimate of drug-likeness (QED) is 0.644. The zero-order valence-electron chi connectivity index (χ0n) is 10.3. The van der Waals surface area contributed by atoms with Crippen LogP contribution in [0.2, 0.25) is 0 Å². The van der Waals surface area contributed by atoms with Crippen LogP contribution in [0.25, 0.3) is 11.0 Å². The topological polar surface area (TPSA) is 30.2 Å². The van der Waals surface area contributed by atoms with Gasteiger partial charge in [0.25, 0.3) is 0 Å². The van der Waals surface area contributed by atoms with Gasteiger partial charge in [-0.3, -0.25) is 4.79 Å². The highest BCUT2D eigenvalue weighted by atomic mass is 19.1. The first-order valence-corrected chi connectivity index (χ1v) is 5.95. The Morgan fingerprint density at radius 1 is 1.11 bits per heavy atom. The van der Waals surface area contributed by atoms with E-state index in [-0.39, 0.29) is 11.5 Å². The van der Waals surface area contributed by atoms with E-state index in [9.17, 15) is 9.18 Å². The molecule has 0 aliphatic carbocycles. The summed E-state index contributed by atoms with van der Waals surface area (Å²) in [7, 11) is 0. The average Bonchev–Trinajstić information content (AvgIpc) is 2.76. The molecule has 94 valence electrons. The number of carbonyl (C=O) groups excluding carboxylic acids is 1. The largest absolute Gasteiger partial charge is 0.452 e. The van der Waals surface area contributed by atoms with Crippen molar-refractivity contribution in [2.75, 3.05) is 0 Å². The monoisotopic (exact) mass is 254 g/mol. The minimum Gasteiger partial charge on any atom is -0.452 e. The second-order valence-corrected chi connectivity index (χ2v) is 4.39. The summed E-state index contributed by atoms with van der Waals surface area (Å²) >= 11 is 0.